The van der Waals surface area contributed by atoms with Gasteiger partial charge in [0, 0.05) is 30.8 Å². The van der Waals surface area contributed by atoms with Crippen LogP contribution in [0.2, 0.25) is 0 Å². The number of carbonyl (C=O) groups excluding carboxylic acids is 1. The number of aryl methyl sites for hydroxylation is 1. The Kier molecular flexibility index (Phi) is 4.09. The Bertz CT molecular complexity index is 985. The topological polar surface area (TPSA) is 85.0 Å². The average Bonchev–Trinajstić information content (AvgIpc) is 3.15. The summed E-state index contributed by atoms with van der Waals surface area (Å²) >= 11 is 0. The van der Waals surface area contributed by atoms with Crippen LogP contribution < -0.4 is 4.90 Å². The highest BCUT2D eigenvalue weighted by Gasteiger charge is 2.38. The molecule has 10 heteroatoms. The minimum atomic E-state index is -4.70. The van der Waals surface area contributed by atoms with E-state index < -0.39 is 12.1 Å². The summed E-state index contributed by atoms with van der Waals surface area (Å²) in [6.07, 6.45) is -0.712. The second-order valence-corrected chi connectivity index (χ2v) is 5.91. The first kappa shape index (κ1) is 17.1. The molecule has 0 saturated carbocycles. The van der Waals surface area contributed by atoms with Crippen molar-refractivity contribution in [2.45, 2.75) is 25.6 Å². The van der Waals surface area contributed by atoms with E-state index in [-0.39, 0.29) is 23.8 Å². The van der Waals surface area contributed by atoms with Gasteiger partial charge in [0.15, 0.2) is 0 Å². The van der Waals surface area contributed by atoms with Gasteiger partial charge in [-0.25, -0.2) is 0 Å². The number of halogens is 3. The van der Waals surface area contributed by atoms with Crippen LogP contribution in [0.15, 0.2) is 41.2 Å². The lowest BCUT2D eigenvalue weighted by Crippen LogP contribution is -2.35. The first-order chi connectivity index (χ1) is 12.9. The third kappa shape index (κ3) is 3.37. The molecule has 3 aromatic heterocycles. The smallest absolute Gasteiger partial charge is 0.329 e. The monoisotopic (exact) mass is 375 g/mol. The number of fused-ring (bicyclic) bond motifs is 1. The molecule has 0 saturated heterocycles. The van der Waals surface area contributed by atoms with E-state index >= 15 is 0 Å². The number of rotatable bonds is 3. The summed E-state index contributed by atoms with van der Waals surface area (Å²) in [5, 5.41) is 3.32. The minimum absolute atomic E-state index is 0.0330. The lowest BCUT2D eigenvalue weighted by atomic mass is 10.1. The van der Waals surface area contributed by atoms with E-state index in [9.17, 15) is 18.0 Å². The maximum Gasteiger partial charge on any atom is 0.471 e. The number of hydrogen-bond acceptors (Lipinski definition) is 6. The number of hydrogen-bond donors (Lipinski definition) is 0. The molecule has 4 rings (SSSR count). The molecule has 4 heterocycles. The molecule has 0 aliphatic carbocycles. The highest BCUT2D eigenvalue weighted by Crippen LogP contribution is 2.30. The summed E-state index contributed by atoms with van der Waals surface area (Å²) in [5.41, 5.74) is 2.45. The van der Waals surface area contributed by atoms with Gasteiger partial charge in [-0.15, -0.1) is 0 Å². The molecule has 0 N–H and O–H groups in total. The summed E-state index contributed by atoms with van der Waals surface area (Å²) in [6, 6.07) is 6.73. The number of alkyl halides is 3. The van der Waals surface area contributed by atoms with E-state index in [1.165, 1.54) is 12.3 Å². The number of carbonyl (C=O) groups is 1. The van der Waals surface area contributed by atoms with E-state index in [0.717, 1.165) is 11.4 Å². The molecule has 3 aromatic rings. The standard InChI is InChI=1S/C17H12F3N5O2/c18-17(19,20)16-23-15(24-27-16)10-3-4-11(22-8-10)9-25-13-2-1-7-21-12(13)5-6-14(25)26/h1-4,7-8H,5-6,9H2. The van der Waals surface area contributed by atoms with Crippen molar-refractivity contribution in [2.75, 3.05) is 4.90 Å². The summed E-state index contributed by atoms with van der Waals surface area (Å²) < 4.78 is 41.8. The molecule has 0 bridgehead atoms. The van der Waals surface area contributed by atoms with Gasteiger partial charge >= 0.3 is 12.1 Å². The highest BCUT2D eigenvalue weighted by molar-refractivity contribution is 5.95. The van der Waals surface area contributed by atoms with E-state index in [1.54, 1.807) is 23.2 Å². The largest absolute Gasteiger partial charge is 0.471 e. The number of pyridine rings is 2. The lowest BCUT2D eigenvalue weighted by Gasteiger charge is -2.28. The molecule has 0 radical (unpaired) electrons. The Balaban J connectivity index is 1.55. The van der Waals surface area contributed by atoms with Gasteiger partial charge in [-0.1, -0.05) is 5.16 Å². The Morgan fingerprint density at radius 1 is 1.15 bits per heavy atom. The molecule has 0 spiro atoms. The average molecular weight is 375 g/mol. The highest BCUT2D eigenvalue weighted by atomic mass is 19.4. The fraction of sp³-hybridized carbons (Fsp3) is 0.235. The van der Waals surface area contributed by atoms with Gasteiger partial charge < -0.3 is 9.42 Å². The van der Waals surface area contributed by atoms with E-state index in [1.807, 2.05) is 6.07 Å². The Labute approximate surface area is 150 Å². The predicted octanol–water partition coefficient (Wildman–Crippen LogP) is 3.02. The first-order valence-corrected chi connectivity index (χ1v) is 8.02. The van der Waals surface area contributed by atoms with E-state index in [4.69, 9.17) is 0 Å². The van der Waals surface area contributed by atoms with Crippen molar-refractivity contribution in [3.05, 3.63) is 53.9 Å². The molecule has 0 fully saturated rings. The predicted molar refractivity (Wildman–Crippen MR) is 86.3 cm³/mol. The first-order valence-electron chi connectivity index (χ1n) is 8.02. The van der Waals surface area contributed by atoms with Crippen LogP contribution in [0.4, 0.5) is 18.9 Å². The maximum absolute atomic E-state index is 12.5. The zero-order chi connectivity index (χ0) is 19.0. The number of nitrogens with zero attached hydrogens (tertiary/aromatic N) is 5. The van der Waals surface area contributed by atoms with Crippen molar-refractivity contribution in [3.8, 4) is 11.4 Å². The quantitative estimate of drug-likeness (QED) is 0.700. The molecule has 138 valence electrons. The molecular formula is C17H12F3N5O2. The van der Waals surface area contributed by atoms with Crippen LogP contribution >= 0.6 is 0 Å². The molecule has 1 amide bonds. The van der Waals surface area contributed by atoms with E-state index in [0.29, 0.717) is 18.5 Å². The molecule has 1 aliphatic rings. The molecule has 0 atom stereocenters. The normalized spacial score (nSPS) is 14.3. The van der Waals surface area contributed by atoms with Crippen molar-refractivity contribution >= 4 is 11.6 Å². The maximum atomic E-state index is 12.5. The third-order valence-corrected chi connectivity index (χ3v) is 4.11. The molecule has 1 aliphatic heterocycles. The number of amides is 1. The van der Waals surface area contributed by atoms with Gasteiger partial charge in [-0.05, 0) is 24.3 Å². The van der Waals surface area contributed by atoms with Crippen LogP contribution in [0.5, 0.6) is 0 Å². The minimum Gasteiger partial charge on any atom is -0.329 e. The number of aromatic nitrogens is 4. The van der Waals surface area contributed by atoms with Gasteiger partial charge in [0.05, 0.1) is 23.6 Å². The van der Waals surface area contributed by atoms with Crippen molar-refractivity contribution in [2.24, 2.45) is 0 Å². The fourth-order valence-corrected chi connectivity index (χ4v) is 2.80. The van der Waals surface area contributed by atoms with Gasteiger partial charge in [-0.2, -0.15) is 18.2 Å². The zero-order valence-electron chi connectivity index (χ0n) is 13.8. The molecular weight excluding hydrogens is 363 g/mol. The van der Waals surface area contributed by atoms with Crippen LogP contribution in [0.3, 0.4) is 0 Å². The summed E-state index contributed by atoms with van der Waals surface area (Å²) in [7, 11) is 0. The SMILES string of the molecule is O=C1CCc2ncccc2N1Cc1ccc(-c2noc(C(F)(F)F)n2)cn1. The van der Waals surface area contributed by atoms with Gasteiger partial charge in [0.25, 0.3) is 0 Å². The van der Waals surface area contributed by atoms with Crippen molar-refractivity contribution in [3.63, 3.8) is 0 Å². The summed E-state index contributed by atoms with van der Waals surface area (Å²) in [4.78, 5) is 25.7. The molecule has 7 nitrogen and oxygen atoms in total. The Morgan fingerprint density at radius 3 is 2.70 bits per heavy atom. The fourth-order valence-electron chi connectivity index (χ4n) is 2.80. The second kappa shape index (κ2) is 6.45. The molecule has 0 aromatic carbocycles. The summed E-state index contributed by atoms with van der Waals surface area (Å²) in [6.45, 7) is 0.234. The van der Waals surface area contributed by atoms with Gasteiger partial charge in [-0.3, -0.25) is 14.8 Å². The van der Waals surface area contributed by atoms with Crippen molar-refractivity contribution in [1.82, 2.24) is 20.1 Å². The van der Waals surface area contributed by atoms with Crippen LogP contribution in [0.25, 0.3) is 11.4 Å². The second-order valence-electron chi connectivity index (χ2n) is 5.91. The lowest BCUT2D eigenvalue weighted by molar-refractivity contribution is -0.159. The van der Waals surface area contributed by atoms with Crippen molar-refractivity contribution < 1.29 is 22.5 Å². The Morgan fingerprint density at radius 2 is 2.00 bits per heavy atom. The molecule has 27 heavy (non-hydrogen) atoms. The molecule has 0 unspecified atom stereocenters. The van der Waals surface area contributed by atoms with Crippen molar-refractivity contribution in [1.29, 1.82) is 0 Å². The zero-order valence-corrected chi connectivity index (χ0v) is 13.8. The number of anilines is 1. The van der Waals surface area contributed by atoms with E-state index in [2.05, 4.69) is 24.6 Å². The van der Waals surface area contributed by atoms with Crippen LogP contribution in [0.1, 0.15) is 23.7 Å². The third-order valence-electron chi connectivity index (χ3n) is 4.11. The van der Waals surface area contributed by atoms with Crippen LogP contribution in [0, 0.1) is 0 Å². The Hall–Kier alpha value is -3.30. The summed E-state index contributed by atoms with van der Waals surface area (Å²) in [5.74, 6) is -1.65. The van der Waals surface area contributed by atoms with Crippen LogP contribution in [-0.4, -0.2) is 26.0 Å². The van der Waals surface area contributed by atoms with Gasteiger partial charge in [0.1, 0.15) is 0 Å². The van der Waals surface area contributed by atoms with Crippen LogP contribution in [-0.2, 0) is 23.9 Å². The van der Waals surface area contributed by atoms with Gasteiger partial charge in [0.2, 0.25) is 11.7 Å².